The van der Waals surface area contributed by atoms with Crippen LogP contribution in [0.15, 0.2) is 6.07 Å². The van der Waals surface area contributed by atoms with E-state index in [4.69, 9.17) is 5.11 Å². The smallest absolute Gasteiger partial charge is 0.221 e. The second kappa shape index (κ2) is 5.74. The van der Waals surface area contributed by atoms with E-state index in [2.05, 4.69) is 10.4 Å². The molecule has 106 valence electrons. The van der Waals surface area contributed by atoms with Crippen LogP contribution in [0.5, 0.6) is 0 Å². The monoisotopic (exact) mass is 265 g/mol. The highest BCUT2D eigenvalue weighted by Crippen LogP contribution is 2.47. The van der Waals surface area contributed by atoms with Crippen molar-refractivity contribution in [3.8, 4) is 0 Å². The first-order chi connectivity index (χ1) is 9.04. The summed E-state index contributed by atoms with van der Waals surface area (Å²) in [7, 11) is 0. The number of nitrogens with one attached hydrogen (secondary N) is 1. The molecule has 1 heterocycles. The Morgan fingerprint density at radius 3 is 2.79 bits per heavy atom. The van der Waals surface area contributed by atoms with Crippen LogP contribution < -0.4 is 5.32 Å². The Balaban J connectivity index is 1.72. The van der Waals surface area contributed by atoms with Gasteiger partial charge >= 0.3 is 0 Å². The summed E-state index contributed by atoms with van der Waals surface area (Å²) in [6, 6.07) is 2.01. The van der Waals surface area contributed by atoms with E-state index in [1.807, 2.05) is 24.6 Å². The Labute approximate surface area is 114 Å². The molecule has 0 aromatic carbocycles. The van der Waals surface area contributed by atoms with E-state index in [-0.39, 0.29) is 17.9 Å². The van der Waals surface area contributed by atoms with Gasteiger partial charge in [-0.05, 0) is 44.6 Å². The molecule has 1 amide bonds. The van der Waals surface area contributed by atoms with Crippen molar-refractivity contribution in [1.82, 2.24) is 15.1 Å². The summed E-state index contributed by atoms with van der Waals surface area (Å²) in [5, 5.41) is 16.3. The molecule has 1 fully saturated rings. The summed E-state index contributed by atoms with van der Waals surface area (Å²) in [4.78, 5) is 11.8. The molecule has 0 saturated heterocycles. The minimum atomic E-state index is 0.0665. The third-order valence-electron chi connectivity index (χ3n) is 3.91. The molecule has 0 bridgehead atoms. The van der Waals surface area contributed by atoms with E-state index >= 15 is 0 Å². The van der Waals surface area contributed by atoms with Crippen molar-refractivity contribution in [3.63, 3.8) is 0 Å². The standard InChI is InChI=1S/C14H23N3O2/c1-11-9-12(2)17(16-11)7-3-13(19)15-10-14(4-5-14)6-8-18/h9,18H,3-8,10H2,1-2H3,(H,15,19). The Morgan fingerprint density at radius 1 is 1.53 bits per heavy atom. The summed E-state index contributed by atoms with van der Waals surface area (Å²) in [6.45, 7) is 5.48. The molecule has 2 rings (SSSR count). The van der Waals surface area contributed by atoms with E-state index in [1.54, 1.807) is 0 Å². The summed E-state index contributed by atoms with van der Waals surface area (Å²) in [5.41, 5.74) is 2.25. The molecule has 0 unspecified atom stereocenters. The second-order valence-electron chi connectivity index (χ2n) is 5.65. The van der Waals surface area contributed by atoms with Gasteiger partial charge in [-0.1, -0.05) is 0 Å². The van der Waals surface area contributed by atoms with Crippen LogP contribution in [-0.4, -0.2) is 33.9 Å². The van der Waals surface area contributed by atoms with Gasteiger partial charge in [0.1, 0.15) is 0 Å². The molecule has 1 aromatic rings. The molecule has 0 aliphatic heterocycles. The fourth-order valence-electron chi connectivity index (χ4n) is 2.41. The number of hydrogen-bond donors (Lipinski definition) is 2. The predicted molar refractivity (Wildman–Crippen MR) is 72.7 cm³/mol. The number of aliphatic hydroxyl groups excluding tert-OH is 1. The molecule has 0 atom stereocenters. The van der Waals surface area contributed by atoms with Crippen LogP contribution >= 0.6 is 0 Å². The zero-order valence-electron chi connectivity index (χ0n) is 11.8. The molecule has 0 spiro atoms. The van der Waals surface area contributed by atoms with Gasteiger partial charge < -0.3 is 10.4 Å². The van der Waals surface area contributed by atoms with Gasteiger partial charge in [-0.3, -0.25) is 9.48 Å². The third-order valence-corrected chi connectivity index (χ3v) is 3.91. The van der Waals surface area contributed by atoms with Crippen molar-refractivity contribution in [2.75, 3.05) is 13.2 Å². The third kappa shape index (κ3) is 3.80. The van der Waals surface area contributed by atoms with E-state index in [0.717, 1.165) is 30.7 Å². The maximum absolute atomic E-state index is 11.8. The lowest BCUT2D eigenvalue weighted by atomic mass is 10.0. The average Bonchev–Trinajstić information content (AvgIpc) is 3.04. The number of amides is 1. The van der Waals surface area contributed by atoms with Crippen LogP contribution in [-0.2, 0) is 11.3 Å². The van der Waals surface area contributed by atoms with Gasteiger partial charge in [0.15, 0.2) is 0 Å². The average molecular weight is 265 g/mol. The minimum Gasteiger partial charge on any atom is -0.396 e. The molecule has 1 saturated carbocycles. The van der Waals surface area contributed by atoms with Crippen molar-refractivity contribution < 1.29 is 9.90 Å². The van der Waals surface area contributed by atoms with E-state index in [0.29, 0.717) is 19.5 Å². The highest BCUT2D eigenvalue weighted by Gasteiger charge is 2.41. The van der Waals surface area contributed by atoms with Gasteiger partial charge in [-0.2, -0.15) is 5.10 Å². The summed E-state index contributed by atoms with van der Waals surface area (Å²) in [5.74, 6) is 0.0665. The molecule has 1 aliphatic rings. The maximum atomic E-state index is 11.8. The zero-order chi connectivity index (χ0) is 13.9. The number of hydrogen-bond acceptors (Lipinski definition) is 3. The van der Waals surface area contributed by atoms with Crippen LogP contribution in [0.3, 0.4) is 0 Å². The van der Waals surface area contributed by atoms with E-state index in [9.17, 15) is 4.79 Å². The number of rotatable bonds is 7. The zero-order valence-corrected chi connectivity index (χ0v) is 11.8. The lowest BCUT2D eigenvalue weighted by molar-refractivity contribution is -0.121. The van der Waals surface area contributed by atoms with Gasteiger partial charge in [-0.25, -0.2) is 0 Å². The fraction of sp³-hybridized carbons (Fsp3) is 0.714. The number of aromatic nitrogens is 2. The normalized spacial score (nSPS) is 16.4. The molecule has 1 aliphatic carbocycles. The topological polar surface area (TPSA) is 67.2 Å². The first kappa shape index (κ1) is 14.1. The van der Waals surface area contributed by atoms with Gasteiger partial charge in [0.05, 0.1) is 5.69 Å². The SMILES string of the molecule is Cc1cc(C)n(CCC(=O)NCC2(CCO)CC2)n1. The van der Waals surface area contributed by atoms with Crippen LogP contribution in [0.25, 0.3) is 0 Å². The van der Waals surface area contributed by atoms with Crippen LogP contribution in [0.1, 0.15) is 37.1 Å². The van der Waals surface area contributed by atoms with Crippen molar-refractivity contribution in [1.29, 1.82) is 0 Å². The first-order valence-electron chi connectivity index (χ1n) is 6.93. The molecule has 2 N–H and O–H groups in total. The highest BCUT2D eigenvalue weighted by molar-refractivity contribution is 5.75. The molecule has 19 heavy (non-hydrogen) atoms. The molecular weight excluding hydrogens is 242 g/mol. The van der Waals surface area contributed by atoms with Crippen molar-refractivity contribution in [3.05, 3.63) is 17.5 Å². The van der Waals surface area contributed by atoms with Gasteiger partial charge in [0.2, 0.25) is 5.91 Å². The number of carbonyl (C=O) groups excluding carboxylic acids is 1. The Hall–Kier alpha value is -1.36. The van der Waals surface area contributed by atoms with E-state index in [1.165, 1.54) is 0 Å². The van der Waals surface area contributed by atoms with Gasteiger partial charge in [0.25, 0.3) is 0 Å². The quantitative estimate of drug-likeness (QED) is 0.777. The summed E-state index contributed by atoms with van der Waals surface area (Å²) < 4.78 is 1.87. The summed E-state index contributed by atoms with van der Waals surface area (Å²) in [6.07, 6.45) is 3.48. The second-order valence-corrected chi connectivity index (χ2v) is 5.65. The van der Waals surface area contributed by atoms with E-state index < -0.39 is 0 Å². The number of carbonyl (C=O) groups is 1. The predicted octanol–water partition coefficient (Wildman–Crippen LogP) is 1.17. The molecular formula is C14H23N3O2. The first-order valence-corrected chi connectivity index (χ1v) is 6.93. The Kier molecular flexibility index (Phi) is 4.24. The molecule has 0 radical (unpaired) electrons. The lowest BCUT2D eigenvalue weighted by Crippen LogP contribution is -2.31. The largest absolute Gasteiger partial charge is 0.396 e. The van der Waals surface area contributed by atoms with Gasteiger partial charge in [-0.15, -0.1) is 0 Å². The Bertz CT molecular complexity index is 450. The van der Waals surface area contributed by atoms with Crippen molar-refractivity contribution in [2.24, 2.45) is 5.41 Å². The van der Waals surface area contributed by atoms with Crippen molar-refractivity contribution >= 4 is 5.91 Å². The van der Waals surface area contributed by atoms with Gasteiger partial charge in [0, 0.05) is 31.8 Å². The maximum Gasteiger partial charge on any atom is 0.221 e. The molecule has 1 aromatic heterocycles. The van der Waals surface area contributed by atoms with Crippen LogP contribution in [0.4, 0.5) is 0 Å². The minimum absolute atomic E-state index is 0.0665. The molecule has 5 nitrogen and oxygen atoms in total. The van der Waals surface area contributed by atoms with Crippen LogP contribution in [0, 0.1) is 19.3 Å². The molecule has 5 heteroatoms. The highest BCUT2D eigenvalue weighted by atomic mass is 16.3. The number of aliphatic hydroxyl groups is 1. The number of aryl methyl sites for hydroxylation is 3. The van der Waals surface area contributed by atoms with Crippen LogP contribution in [0.2, 0.25) is 0 Å². The lowest BCUT2D eigenvalue weighted by Gasteiger charge is -2.14. The number of nitrogens with zero attached hydrogens (tertiary/aromatic N) is 2. The Morgan fingerprint density at radius 2 is 2.26 bits per heavy atom. The van der Waals surface area contributed by atoms with Crippen molar-refractivity contribution in [2.45, 2.75) is 46.1 Å². The summed E-state index contributed by atoms with van der Waals surface area (Å²) >= 11 is 0. The fourth-order valence-corrected chi connectivity index (χ4v) is 2.41.